The van der Waals surface area contributed by atoms with Crippen LogP contribution in [0.4, 0.5) is 5.69 Å². The van der Waals surface area contributed by atoms with Gasteiger partial charge in [-0.05, 0) is 30.3 Å². The average molecular weight is 399 g/mol. The Hall–Kier alpha value is -2.53. The van der Waals surface area contributed by atoms with Crippen molar-refractivity contribution in [2.24, 2.45) is 5.92 Å². The van der Waals surface area contributed by atoms with E-state index in [-0.39, 0.29) is 30.3 Å². The summed E-state index contributed by atoms with van der Waals surface area (Å²) in [6, 6.07) is 16.9. The van der Waals surface area contributed by atoms with Crippen LogP contribution >= 0.6 is 11.6 Å². The van der Waals surface area contributed by atoms with Crippen LogP contribution in [0, 0.1) is 5.92 Å². The SMILES string of the molecule is O=C(C1CC(=O)N(c2ccccc2)C1)N1CCC(Oc2cccc(Cl)c2)CC1. The molecular weight excluding hydrogens is 376 g/mol. The normalized spacial score (nSPS) is 20.5. The predicted octanol–water partition coefficient (Wildman–Crippen LogP) is 3.76. The fourth-order valence-corrected chi connectivity index (χ4v) is 4.10. The summed E-state index contributed by atoms with van der Waals surface area (Å²) in [7, 11) is 0. The molecule has 0 aromatic heterocycles. The summed E-state index contributed by atoms with van der Waals surface area (Å²) in [4.78, 5) is 28.9. The first-order valence-corrected chi connectivity index (χ1v) is 10.0. The molecule has 0 bridgehead atoms. The van der Waals surface area contributed by atoms with E-state index in [1.165, 1.54) is 0 Å². The Morgan fingerprint density at radius 3 is 2.50 bits per heavy atom. The maximum absolute atomic E-state index is 12.9. The lowest BCUT2D eigenvalue weighted by Crippen LogP contribution is -2.44. The minimum absolute atomic E-state index is 0.0173. The van der Waals surface area contributed by atoms with Crippen molar-refractivity contribution in [1.82, 2.24) is 4.90 Å². The molecule has 5 nitrogen and oxygen atoms in total. The number of para-hydroxylation sites is 1. The second-order valence-corrected chi connectivity index (χ2v) is 7.78. The van der Waals surface area contributed by atoms with E-state index in [9.17, 15) is 9.59 Å². The number of ether oxygens (including phenoxy) is 1. The van der Waals surface area contributed by atoms with E-state index in [4.69, 9.17) is 16.3 Å². The van der Waals surface area contributed by atoms with Gasteiger partial charge in [-0.25, -0.2) is 0 Å². The van der Waals surface area contributed by atoms with Crippen LogP contribution in [0.1, 0.15) is 19.3 Å². The zero-order valence-corrected chi connectivity index (χ0v) is 16.3. The van der Waals surface area contributed by atoms with Crippen molar-refractivity contribution in [1.29, 1.82) is 0 Å². The average Bonchev–Trinajstić information content (AvgIpc) is 3.10. The van der Waals surface area contributed by atoms with Crippen LogP contribution in [-0.2, 0) is 9.59 Å². The standard InChI is InChI=1S/C22H23ClN2O3/c23-17-5-4-8-20(14-17)28-19-9-11-24(12-10-19)22(27)16-13-21(26)25(15-16)18-6-2-1-3-7-18/h1-8,14,16,19H,9-13,15H2. The third-order valence-electron chi connectivity index (χ3n) is 5.39. The molecule has 0 saturated carbocycles. The number of piperidine rings is 1. The number of carbonyl (C=O) groups is 2. The van der Waals surface area contributed by atoms with Gasteiger partial charge in [0.05, 0.1) is 5.92 Å². The number of benzene rings is 2. The molecule has 2 fully saturated rings. The summed E-state index contributed by atoms with van der Waals surface area (Å²) in [5, 5.41) is 0.652. The number of amides is 2. The van der Waals surface area contributed by atoms with Crippen molar-refractivity contribution in [3.05, 3.63) is 59.6 Å². The minimum Gasteiger partial charge on any atom is -0.490 e. The van der Waals surface area contributed by atoms with Crippen molar-refractivity contribution >= 4 is 29.1 Å². The van der Waals surface area contributed by atoms with Crippen molar-refractivity contribution in [2.75, 3.05) is 24.5 Å². The van der Waals surface area contributed by atoms with Gasteiger partial charge < -0.3 is 14.5 Å². The molecule has 0 aliphatic carbocycles. The van der Waals surface area contributed by atoms with Gasteiger partial charge in [0.1, 0.15) is 11.9 Å². The van der Waals surface area contributed by atoms with Crippen LogP contribution in [0.25, 0.3) is 0 Å². The zero-order chi connectivity index (χ0) is 19.5. The molecule has 1 atom stereocenters. The van der Waals surface area contributed by atoms with E-state index in [0.29, 0.717) is 24.7 Å². The molecular formula is C22H23ClN2O3. The molecule has 4 rings (SSSR count). The second kappa shape index (κ2) is 8.23. The molecule has 0 spiro atoms. The van der Waals surface area contributed by atoms with Gasteiger partial charge in [0, 0.05) is 49.6 Å². The number of likely N-dealkylation sites (tertiary alicyclic amines) is 1. The number of halogens is 1. The van der Waals surface area contributed by atoms with E-state index in [2.05, 4.69) is 0 Å². The van der Waals surface area contributed by atoms with Gasteiger partial charge in [0.15, 0.2) is 0 Å². The summed E-state index contributed by atoms with van der Waals surface area (Å²) in [6.45, 7) is 1.76. The van der Waals surface area contributed by atoms with E-state index < -0.39 is 0 Å². The van der Waals surface area contributed by atoms with Crippen LogP contribution in [0.15, 0.2) is 54.6 Å². The summed E-state index contributed by atoms with van der Waals surface area (Å²) in [5.41, 5.74) is 0.858. The van der Waals surface area contributed by atoms with Crippen molar-refractivity contribution in [3.8, 4) is 5.75 Å². The highest BCUT2D eigenvalue weighted by Gasteiger charge is 2.38. The van der Waals surface area contributed by atoms with E-state index in [1.807, 2.05) is 53.4 Å². The van der Waals surface area contributed by atoms with Gasteiger partial charge >= 0.3 is 0 Å². The number of rotatable bonds is 4. The lowest BCUT2D eigenvalue weighted by atomic mass is 10.0. The number of hydrogen-bond donors (Lipinski definition) is 0. The highest BCUT2D eigenvalue weighted by atomic mass is 35.5. The molecule has 2 aromatic carbocycles. The largest absolute Gasteiger partial charge is 0.490 e. The van der Waals surface area contributed by atoms with E-state index in [1.54, 1.807) is 11.0 Å². The molecule has 2 aliphatic heterocycles. The van der Waals surface area contributed by atoms with Crippen molar-refractivity contribution in [2.45, 2.75) is 25.4 Å². The van der Waals surface area contributed by atoms with Crippen LogP contribution in [-0.4, -0.2) is 42.5 Å². The fraction of sp³-hybridized carbons (Fsp3) is 0.364. The minimum atomic E-state index is -0.266. The monoisotopic (exact) mass is 398 g/mol. The third kappa shape index (κ3) is 4.14. The second-order valence-electron chi connectivity index (χ2n) is 7.34. The van der Waals surface area contributed by atoms with Gasteiger partial charge in [-0.2, -0.15) is 0 Å². The first kappa shape index (κ1) is 18.8. The first-order chi connectivity index (χ1) is 13.6. The lowest BCUT2D eigenvalue weighted by molar-refractivity contribution is -0.137. The van der Waals surface area contributed by atoms with Crippen molar-refractivity contribution < 1.29 is 14.3 Å². The van der Waals surface area contributed by atoms with Crippen LogP contribution in [0.2, 0.25) is 5.02 Å². The summed E-state index contributed by atoms with van der Waals surface area (Å²) >= 11 is 6.00. The van der Waals surface area contributed by atoms with E-state index >= 15 is 0 Å². The molecule has 0 N–H and O–H groups in total. The molecule has 2 heterocycles. The quantitative estimate of drug-likeness (QED) is 0.787. The fourth-order valence-electron chi connectivity index (χ4n) is 3.92. The van der Waals surface area contributed by atoms with Crippen LogP contribution in [0.3, 0.4) is 0 Å². The van der Waals surface area contributed by atoms with Gasteiger partial charge in [0.2, 0.25) is 11.8 Å². The first-order valence-electron chi connectivity index (χ1n) is 9.66. The summed E-state index contributed by atoms with van der Waals surface area (Å²) in [5.74, 6) is 0.590. The summed E-state index contributed by atoms with van der Waals surface area (Å²) in [6.07, 6.45) is 1.92. The Bertz CT molecular complexity index is 850. The Balaban J connectivity index is 1.31. The van der Waals surface area contributed by atoms with Crippen molar-refractivity contribution in [3.63, 3.8) is 0 Å². The Kier molecular flexibility index (Phi) is 5.53. The molecule has 146 valence electrons. The maximum atomic E-state index is 12.9. The molecule has 28 heavy (non-hydrogen) atoms. The molecule has 2 aliphatic rings. The molecule has 1 unspecified atom stereocenters. The Morgan fingerprint density at radius 1 is 1.04 bits per heavy atom. The molecule has 2 aromatic rings. The Labute approximate surface area is 169 Å². The predicted molar refractivity (Wildman–Crippen MR) is 109 cm³/mol. The van der Waals surface area contributed by atoms with E-state index in [0.717, 1.165) is 24.3 Å². The Morgan fingerprint density at radius 2 is 1.79 bits per heavy atom. The van der Waals surface area contributed by atoms with Gasteiger partial charge in [-0.15, -0.1) is 0 Å². The van der Waals surface area contributed by atoms with Crippen LogP contribution < -0.4 is 9.64 Å². The topological polar surface area (TPSA) is 49.9 Å². The van der Waals surface area contributed by atoms with Crippen LogP contribution in [0.5, 0.6) is 5.75 Å². The molecule has 6 heteroatoms. The number of hydrogen-bond acceptors (Lipinski definition) is 3. The number of nitrogens with zero attached hydrogens (tertiary/aromatic N) is 2. The zero-order valence-electron chi connectivity index (χ0n) is 15.6. The maximum Gasteiger partial charge on any atom is 0.228 e. The molecule has 2 saturated heterocycles. The number of carbonyl (C=O) groups excluding carboxylic acids is 2. The highest BCUT2D eigenvalue weighted by molar-refractivity contribution is 6.30. The third-order valence-corrected chi connectivity index (χ3v) is 5.63. The van der Waals surface area contributed by atoms with Gasteiger partial charge in [0.25, 0.3) is 0 Å². The van der Waals surface area contributed by atoms with Gasteiger partial charge in [-0.3, -0.25) is 9.59 Å². The smallest absolute Gasteiger partial charge is 0.228 e. The molecule has 2 amide bonds. The van der Waals surface area contributed by atoms with Gasteiger partial charge in [-0.1, -0.05) is 35.9 Å². The number of anilines is 1. The summed E-state index contributed by atoms with van der Waals surface area (Å²) < 4.78 is 6.00. The highest BCUT2D eigenvalue weighted by Crippen LogP contribution is 2.28. The lowest BCUT2D eigenvalue weighted by Gasteiger charge is -2.33. The molecule has 0 radical (unpaired) electrons.